The van der Waals surface area contributed by atoms with Gasteiger partial charge in [-0.15, -0.1) is 0 Å². The van der Waals surface area contributed by atoms with Crippen LogP contribution in [0.5, 0.6) is 0 Å². The van der Waals surface area contributed by atoms with E-state index in [1.807, 2.05) is 6.92 Å². The number of aromatic carboxylic acids is 2. The number of hydrogen-bond donors (Lipinski definition) is 3. The molecule has 16 heavy (non-hydrogen) atoms. The van der Waals surface area contributed by atoms with E-state index in [1.54, 1.807) is 0 Å². The number of carboxylic acid groups (broad SMARTS) is 2. The summed E-state index contributed by atoms with van der Waals surface area (Å²) in [6.45, 7) is 2.25. The molecule has 0 radical (unpaired) electrons. The van der Waals surface area contributed by atoms with E-state index in [2.05, 4.69) is 0 Å². The number of aliphatic hydroxyl groups excluding tert-OH is 1. The Morgan fingerprint density at radius 3 is 1.56 bits per heavy atom. The first-order chi connectivity index (χ1) is 7.54. The lowest BCUT2D eigenvalue weighted by Gasteiger charge is -1.98. The third-order valence-electron chi connectivity index (χ3n) is 1.61. The lowest BCUT2D eigenvalue weighted by Crippen LogP contribution is -2.06. The summed E-state index contributed by atoms with van der Waals surface area (Å²) in [5.74, 6) is -2.46. The Morgan fingerprint density at radius 1 is 1.06 bits per heavy atom. The molecule has 0 saturated carbocycles. The highest BCUT2D eigenvalue weighted by molar-refractivity contribution is 6.01. The van der Waals surface area contributed by atoms with Gasteiger partial charge in [0, 0.05) is 6.61 Å². The molecule has 0 aliphatic heterocycles. The number of aliphatic hydroxyl groups is 1. The van der Waals surface area contributed by atoms with Crippen molar-refractivity contribution in [1.29, 1.82) is 0 Å². The first kappa shape index (κ1) is 14.1. The summed E-state index contributed by atoms with van der Waals surface area (Å²) < 4.78 is 0. The van der Waals surface area contributed by atoms with Gasteiger partial charge in [0.1, 0.15) is 0 Å². The monoisotopic (exact) mass is 226 g/mol. The molecule has 0 aliphatic rings. The van der Waals surface area contributed by atoms with Crippen molar-refractivity contribution in [1.82, 2.24) is 0 Å². The van der Waals surface area contributed by atoms with Crippen molar-refractivity contribution in [3.8, 4) is 0 Å². The van der Waals surface area contributed by atoms with Gasteiger partial charge in [0.25, 0.3) is 0 Å². The minimum absolute atomic E-state index is 0.190. The van der Waals surface area contributed by atoms with Crippen molar-refractivity contribution in [2.75, 3.05) is 6.61 Å². The Hall–Kier alpha value is -1.88. The first-order valence-electron chi connectivity index (χ1n) is 4.71. The van der Waals surface area contributed by atoms with Crippen LogP contribution in [-0.2, 0) is 0 Å². The topological polar surface area (TPSA) is 94.8 Å². The molecule has 88 valence electrons. The quantitative estimate of drug-likeness (QED) is 0.725. The molecule has 0 amide bonds. The molecule has 0 aliphatic carbocycles. The fourth-order valence-corrected chi connectivity index (χ4v) is 0.856. The molecule has 0 fully saturated rings. The molecule has 1 aromatic rings. The number of carboxylic acids is 2. The maximum atomic E-state index is 10.5. The maximum Gasteiger partial charge on any atom is 0.336 e. The van der Waals surface area contributed by atoms with E-state index in [0.717, 1.165) is 6.42 Å². The van der Waals surface area contributed by atoms with Crippen molar-refractivity contribution >= 4 is 11.9 Å². The lowest BCUT2D eigenvalue weighted by atomic mass is 10.1. The Bertz CT molecular complexity index is 324. The predicted molar refractivity (Wildman–Crippen MR) is 57.7 cm³/mol. The highest BCUT2D eigenvalue weighted by Crippen LogP contribution is 2.07. The molecular formula is C11H14O5. The van der Waals surface area contributed by atoms with E-state index in [9.17, 15) is 9.59 Å². The van der Waals surface area contributed by atoms with Crippen LogP contribution in [0.2, 0.25) is 0 Å². The van der Waals surface area contributed by atoms with E-state index in [1.165, 1.54) is 24.3 Å². The van der Waals surface area contributed by atoms with Gasteiger partial charge in [-0.1, -0.05) is 19.1 Å². The van der Waals surface area contributed by atoms with Crippen LogP contribution in [0.15, 0.2) is 24.3 Å². The normalized spacial score (nSPS) is 8.88. The van der Waals surface area contributed by atoms with E-state index in [-0.39, 0.29) is 11.1 Å². The molecule has 0 heterocycles. The number of benzene rings is 1. The Kier molecular flexibility index (Phi) is 6.55. The van der Waals surface area contributed by atoms with Crippen LogP contribution in [0.1, 0.15) is 34.1 Å². The zero-order chi connectivity index (χ0) is 12.6. The second-order valence-corrected chi connectivity index (χ2v) is 2.88. The third-order valence-corrected chi connectivity index (χ3v) is 1.61. The number of carbonyl (C=O) groups is 2. The second kappa shape index (κ2) is 7.42. The predicted octanol–water partition coefficient (Wildman–Crippen LogP) is 1.47. The molecule has 5 heteroatoms. The van der Waals surface area contributed by atoms with Crippen LogP contribution >= 0.6 is 0 Å². The molecule has 0 aromatic heterocycles. The van der Waals surface area contributed by atoms with Gasteiger partial charge in [0.15, 0.2) is 0 Å². The zero-order valence-electron chi connectivity index (χ0n) is 8.88. The maximum absolute atomic E-state index is 10.5. The Labute approximate surface area is 93.0 Å². The first-order valence-corrected chi connectivity index (χ1v) is 4.71. The summed E-state index contributed by atoms with van der Waals surface area (Å²) in [5, 5.41) is 25.0. The molecule has 0 saturated heterocycles. The second-order valence-electron chi connectivity index (χ2n) is 2.88. The van der Waals surface area contributed by atoms with Crippen molar-refractivity contribution in [3.63, 3.8) is 0 Å². The van der Waals surface area contributed by atoms with Crippen LogP contribution in [0.4, 0.5) is 0 Å². The lowest BCUT2D eigenvalue weighted by molar-refractivity contribution is 0.0651. The highest BCUT2D eigenvalue weighted by atomic mass is 16.4. The van der Waals surface area contributed by atoms with Crippen molar-refractivity contribution in [3.05, 3.63) is 35.4 Å². The van der Waals surface area contributed by atoms with Crippen molar-refractivity contribution in [2.24, 2.45) is 0 Å². The van der Waals surface area contributed by atoms with Crippen LogP contribution < -0.4 is 0 Å². The van der Waals surface area contributed by atoms with Crippen LogP contribution in [0, 0.1) is 0 Å². The average Bonchev–Trinajstić information content (AvgIpc) is 2.29. The van der Waals surface area contributed by atoms with Crippen LogP contribution in [0.3, 0.4) is 0 Å². The minimum atomic E-state index is -1.23. The van der Waals surface area contributed by atoms with Gasteiger partial charge in [0.2, 0.25) is 0 Å². The third kappa shape index (κ3) is 4.56. The Morgan fingerprint density at radius 2 is 1.38 bits per heavy atom. The summed E-state index contributed by atoms with van der Waals surface area (Å²) in [4.78, 5) is 20.9. The van der Waals surface area contributed by atoms with E-state index in [0.29, 0.717) is 6.61 Å². The summed E-state index contributed by atoms with van der Waals surface area (Å²) in [6.07, 6.45) is 0.875. The van der Waals surface area contributed by atoms with Gasteiger partial charge >= 0.3 is 11.9 Å². The van der Waals surface area contributed by atoms with Gasteiger partial charge in [-0.05, 0) is 18.6 Å². The van der Waals surface area contributed by atoms with Crippen molar-refractivity contribution < 1.29 is 24.9 Å². The SMILES string of the molecule is CCCO.O=C(O)c1ccccc1C(=O)O. The van der Waals surface area contributed by atoms with E-state index >= 15 is 0 Å². The molecule has 5 nitrogen and oxygen atoms in total. The summed E-state index contributed by atoms with van der Waals surface area (Å²) >= 11 is 0. The number of hydrogen-bond acceptors (Lipinski definition) is 3. The van der Waals surface area contributed by atoms with E-state index in [4.69, 9.17) is 15.3 Å². The summed E-state index contributed by atoms with van der Waals surface area (Å²) in [6, 6.07) is 5.48. The summed E-state index contributed by atoms with van der Waals surface area (Å²) in [7, 11) is 0. The van der Waals surface area contributed by atoms with Gasteiger partial charge in [-0.25, -0.2) is 9.59 Å². The number of rotatable bonds is 3. The molecule has 1 rings (SSSR count). The molecule has 1 aromatic carbocycles. The molecule has 0 atom stereocenters. The highest BCUT2D eigenvalue weighted by Gasteiger charge is 2.13. The average molecular weight is 226 g/mol. The zero-order valence-corrected chi connectivity index (χ0v) is 8.88. The minimum Gasteiger partial charge on any atom is -0.478 e. The standard InChI is InChI=1S/C8H6O4.C3H8O/c9-7(10)5-3-1-2-4-6(5)8(11)12;1-2-3-4/h1-4H,(H,9,10)(H,11,12);4H,2-3H2,1H3. The molecule has 0 bridgehead atoms. The van der Waals surface area contributed by atoms with Gasteiger partial charge in [0.05, 0.1) is 11.1 Å². The fourth-order valence-electron chi connectivity index (χ4n) is 0.856. The largest absolute Gasteiger partial charge is 0.478 e. The molecular weight excluding hydrogens is 212 g/mol. The van der Waals surface area contributed by atoms with Crippen molar-refractivity contribution in [2.45, 2.75) is 13.3 Å². The Balaban J connectivity index is 0.000000487. The van der Waals surface area contributed by atoms with Gasteiger partial charge < -0.3 is 15.3 Å². The smallest absolute Gasteiger partial charge is 0.336 e. The van der Waals surface area contributed by atoms with Gasteiger partial charge in [-0.3, -0.25) is 0 Å². The van der Waals surface area contributed by atoms with Crippen LogP contribution in [0.25, 0.3) is 0 Å². The van der Waals surface area contributed by atoms with Crippen LogP contribution in [-0.4, -0.2) is 33.9 Å². The van der Waals surface area contributed by atoms with Gasteiger partial charge in [-0.2, -0.15) is 0 Å². The summed E-state index contributed by atoms with van der Waals surface area (Å²) in [5.41, 5.74) is -0.380. The fraction of sp³-hybridized carbons (Fsp3) is 0.273. The molecule has 3 N–H and O–H groups in total. The molecule has 0 unspecified atom stereocenters. The molecule has 0 spiro atoms. The van der Waals surface area contributed by atoms with E-state index < -0.39 is 11.9 Å².